The van der Waals surface area contributed by atoms with Gasteiger partial charge in [0.05, 0.1) is 0 Å². The van der Waals surface area contributed by atoms with Crippen molar-refractivity contribution in [3.63, 3.8) is 0 Å². The van der Waals surface area contributed by atoms with Crippen molar-refractivity contribution in [1.29, 1.82) is 0 Å². The first-order valence-corrected chi connectivity index (χ1v) is 8.91. The van der Waals surface area contributed by atoms with Crippen LogP contribution in [-0.4, -0.2) is 24.4 Å². The second-order valence-electron chi connectivity index (χ2n) is 6.94. The van der Waals surface area contributed by atoms with Gasteiger partial charge in [-0.15, -0.1) is 0 Å². The number of nitrogens with one attached hydrogen (secondary N) is 2. The van der Waals surface area contributed by atoms with Crippen LogP contribution in [-0.2, 0) is 16.0 Å². The molecule has 0 aliphatic carbocycles. The van der Waals surface area contributed by atoms with Crippen molar-refractivity contribution in [2.45, 2.75) is 40.2 Å². The van der Waals surface area contributed by atoms with Crippen LogP contribution in [0.4, 0.5) is 17.1 Å². The Morgan fingerprint density at radius 3 is 2.58 bits per heavy atom. The molecule has 136 valence electrons. The van der Waals surface area contributed by atoms with E-state index in [-0.39, 0.29) is 17.9 Å². The van der Waals surface area contributed by atoms with E-state index in [1.165, 1.54) is 5.56 Å². The average molecular weight is 351 g/mol. The van der Waals surface area contributed by atoms with Crippen molar-refractivity contribution in [3.8, 4) is 0 Å². The highest BCUT2D eigenvalue weighted by molar-refractivity contribution is 5.97. The van der Waals surface area contributed by atoms with Crippen molar-refractivity contribution in [3.05, 3.63) is 53.1 Å². The first-order valence-electron chi connectivity index (χ1n) is 8.91. The predicted octanol–water partition coefficient (Wildman–Crippen LogP) is 3.65. The topological polar surface area (TPSA) is 61.4 Å². The predicted molar refractivity (Wildman–Crippen MR) is 106 cm³/mol. The van der Waals surface area contributed by atoms with E-state index < -0.39 is 0 Å². The molecule has 1 aliphatic heterocycles. The van der Waals surface area contributed by atoms with Gasteiger partial charge in [-0.3, -0.25) is 9.59 Å². The Bertz CT molecular complexity index is 860. The lowest BCUT2D eigenvalue weighted by atomic mass is 10.1. The molecule has 0 saturated carbocycles. The van der Waals surface area contributed by atoms with Crippen LogP contribution in [0.25, 0.3) is 0 Å². The number of aryl methyl sites for hydroxylation is 2. The second kappa shape index (κ2) is 7.20. The van der Waals surface area contributed by atoms with E-state index >= 15 is 0 Å². The molecule has 0 spiro atoms. The molecular formula is C21H25N3O2. The van der Waals surface area contributed by atoms with Gasteiger partial charge in [0, 0.05) is 30.5 Å². The second-order valence-corrected chi connectivity index (χ2v) is 6.94. The first kappa shape index (κ1) is 18.0. The van der Waals surface area contributed by atoms with Gasteiger partial charge in [0.15, 0.2) is 0 Å². The third-order valence-corrected chi connectivity index (χ3v) is 4.77. The number of benzene rings is 2. The molecule has 2 amide bonds. The maximum absolute atomic E-state index is 12.5. The number of rotatable bonds is 4. The largest absolute Gasteiger partial charge is 0.374 e. The zero-order valence-corrected chi connectivity index (χ0v) is 15.7. The van der Waals surface area contributed by atoms with Crippen LogP contribution in [0.2, 0.25) is 0 Å². The fourth-order valence-corrected chi connectivity index (χ4v) is 3.33. The van der Waals surface area contributed by atoms with E-state index in [1.54, 1.807) is 11.8 Å². The lowest BCUT2D eigenvalue weighted by molar-refractivity contribution is -0.117. The van der Waals surface area contributed by atoms with Gasteiger partial charge in [-0.1, -0.05) is 17.7 Å². The number of fused-ring (bicyclic) bond motifs is 1. The molecule has 5 nitrogen and oxygen atoms in total. The lowest BCUT2D eigenvalue weighted by Gasteiger charge is -2.18. The molecule has 26 heavy (non-hydrogen) atoms. The monoisotopic (exact) mass is 351 g/mol. The molecule has 0 bridgehead atoms. The summed E-state index contributed by atoms with van der Waals surface area (Å²) in [6.45, 7) is 8.16. The molecule has 2 aromatic rings. The summed E-state index contributed by atoms with van der Waals surface area (Å²) in [7, 11) is 0. The minimum Gasteiger partial charge on any atom is -0.374 e. The first-order chi connectivity index (χ1) is 12.3. The van der Waals surface area contributed by atoms with E-state index in [0.29, 0.717) is 0 Å². The van der Waals surface area contributed by atoms with Crippen LogP contribution in [0.3, 0.4) is 0 Å². The summed E-state index contributed by atoms with van der Waals surface area (Å²) in [4.78, 5) is 25.9. The summed E-state index contributed by atoms with van der Waals surface area (Å²) < 4.78 is 0. The van der Waals surface area contributed by atoms with Gasteiger partial charge >= 0.3 is 0 Å². The van der Waals surface area contributed by atoms with E-state index in [0.717, 1.165) is 41.2 Å². The Balaban J connectivity index is 1.67. The van der Waals surface area contributed by atoms with Gasteiger partial charge in [0.1, 0.15) is 6.04 Å². The smallest absolute Gasteiger partial charge is 0.246 e. The molecule has 1 aliphatic rings. The van der Waals surface area contributed by atoms with Crippen LogP contribution in [0.1, 0.15) is 30.5 Å². The third kappa shape index (κ3) is 3.72. The number of anilines is 3. The Kier molecular flexibility index (Phi) is 4.98. The van der Waals surface area contributed by atoms with Crippen LogP contribution < -0.4 is 15.5 Å². The van der Waals surface area contributed by atoms with Gasteiger partial charge in [0.25, 0.3) is 0 Å². The number of amides is 2. The minimum absolute atomic E-state index is 0.0608. The zero-order chi connectivity index (χ0) is 18.8. The van der Waals surface area contributed by atoms with Crippen LogP contribution in [0.15, 0.2) is 36.4 Å². The highest BCUT2D eigenvalue weighted by Gasteiger charge is 2.22. The quantitative estimate of drug-likeness (QED) is 0.884. The SMILES string of the molecule is CC(=O)N1CCc2cc(N[C@@H](C)C(=O)Nc3ccc(C)cc3C)ccc21. The molecule has 1 atom stereocenters. The summed E-state index contributed by atoms with van der Waals surface area (Å²) in [6, 6.07) is 11.5. The molecular weight excluding hydrogens is 326 g/mol. The van der Waals surface area contributed by atoms with E-state index in [9.17, 15) is 9.59 Å². The summed E-state index contributed by atoms with van der Waals surface area (Å²) in [6.07, 6.45) is 0.841. The number of hydrogen-bond acceptors (Lipinski definition) is 3. The van der Waals surface area contributed by atoms with Crippen molar-refractivity contribution >= 4 is 28.9 Å². The van der Waals surface area contributed by atoms with Gasteiger partial charge in [-0.2, -0.15) is 0 Å². The van der Waals surface area contributed by atoms with Gasteiger partial charge in [-0.25, -0.2) is 0 Å². The number of hydrogen-bond donors (Lipinski definition) is 2. The molecule has 0 fully saturated rings. The van der Waals surface area contributed by atoms with Crippen molar-refractivity contribution in [2.75, 3.05) is 22.1 Å². The van der Waals surface area contributed by atoms with Crippen molar-refractivity contribution in [1.82, 2.24) is 0 Å². The summed E-state index contributed by atoms with van der Waals surface area (Å²) in [5.74, 6) is -0.0199. The maximum Gasteiger partial charge on any atom is 0.246 e. The zero-order valence-electron chi connectivity index (χ0n) is 15.7. The number of nitrogens with zero attached hydrogens (tertiary/aromatic N) is 1. The van der Waals surface area contributed by atoms with Crippen LogP contribution >= 0.6 is 0 Å². The molecule has 3 rings (SSSR count). The maximum atomic E-state index is 12.5. The molecule has 0 saturated heterocycles. The molecule has 5 heteroatoms. The molecule has 0 radical (unpaired) electrons. The summed E-state index contributed by atoms with van der Waals surface area (Å²) >= 11 is 0. The number of carbonyl (C=O) groups is 2. The fraction of sp³-hybridized carbons (Fsp3) is 0.333. The number of carbonyl (C=O) groups excluding carboxylic acids is 2. The Morgan fingerprint density at radius 1 is 1.12 bits per heavy atom. The molecule has 0 aromatic heterocycles. The molecule has 0 unspecified atom stereocenters. The molecule has 1 heterocycles. The highest BCUT2D eigenvalue weighted by Crippen LogP contribution is 2.30. The van der Waals surface area contributed by atoms with E-state index in [2.05, 4.69) is 16.7 Å². The molecule has 2 N–H and O–H groups in total. The standard InChI is InChI=1S/C21H25N3O2/c1-13-5-7-19(14(2)11-13)23-21(26)15(3)22-18-6-8-20-17(12-18)9-10-24(20)16(4)25/h5-8,11-12,15,22H,9-10H2,1-4H3,(H,23,26)/t15-/m0/s1. The van der Waals surface area contributed by atoms with Gasteiger partial charge in [0.2, 0.25) is 11.8 Å². The lowest BCUT2D eigenvalue weighted by Crippen LogP contribution is -2.32. The minimum atomic E-state index is -0.376. The van der Waals surface area contributed by atoms with E-state index in [4.69, 9.17) is 0 Å². The Hall–Kier alpha value is -2.82. The third-order valence-electron chi connectivity index (χ3n) is 4.77. The van der Waals surface area contributed by atoms with Crippen LogP contribution in [0.5, 0.6) is 0 Å². The highest BCUT2D eigenvalue weighted by atomic mass is 16.2. The van der Waals surface area contributed by atoms with Gasteiger partial charge < -0.3 is 15.5 Å². The van der Waals surface area contributed by atoms with Crippen molar-refractivity contribution in [2.24, 2.45) is 0 Å². The van der Waals surface area contributed by atoms with E-state index in [1.807, 2.05) is 51.1 Å². The average Bonchev–Trinajstić information content (AvgIpc) is 3.00. The molecule has 2 aromatic carbocycles. The van der Waals surface area contributed by atoms with Crippen LogP contribution in [0, 0.1) is 13.8 Å². The van der Waals surface area contributed by atoms with Crippen molar-refractivity contribution < 1.29 is 9.59 Å². The fourth-order valence-electron chi connectivity index (χ4n) is 3.33. The van der Waals surface area contributed by atoms with Gasteiger partial charge in [-0.05, 0) is 62.6 Å². The summed E-state index contributed by atoms with van der Waals surface area (Å²) in [5, 5.41) is 6.23. The normalized spacial score (nSPS) is 13.9. The Morgan fingerprint density at radius 2 is 1.88 bits per heavy atom. The Labute approximate surface area is 154 Å². The summed E-state index contributed by atoms with van der Waals surface area (Å²) in [5.41, 5.74) is 6.04.